The van der Waals surface area contributed by atoms with E-state index >= 15 is 0 Å². The number of aromatic nitrogens is 1. The van der Waals surface area contributed by atoms with E-state index in [1.54, 1.807) is 30.2 Å². The molecule has 0 bridgehead atoms. The van der Waals surface area contributed by atoms with Crippen molar-refractivity contribution in [1.82, 2.24) is 10.4 Å². The molecule has 1 aromatic heterocycles. The number of hydrazine groups is 1. The minimum atomic E-state index is -0.0577. The average Bonchev–Trinajstić information content (AvgIpc) is 2.41. The van der Waals surface area contributed by atoms with Crippen molar-refractivity contribution in [1.29, 1.82) is 0 Å². The molecule has 0 radical (unpaired) electrons. The summed E-state index contributed by atoms with van der Waals surface area (Å²) in [7, 11) is 0. The van der Waals surface area contributed by atoms with Crippen molar-refractivity contribution in [2.45, 2.75) is 10.9 Å². The number of pyridine rings is 1. The van der Waals surface area contributed by atoms with E-state index < -0.39 is 0 Å². The largest absolute Gasteiger partial charge is 0.398 e. The van der Waals surface area contributed by atoms with Crippen LogP contribution >= 0.6 is 23.4 Å². The summed E-state index contributed by atoms with van der Waals surface area (Å²) < 4.78 is 0. The highest BCUT2D eigenvalue weighted by Gasteiger charge is 2.13. The molecule has 0 aliphatic heterocycles. The van der Waals surface area contributed by atoms with Gasteiger partial charge in [-0.25, -0.2) is 0 Å². The SMILES string of the molecule is NNC(CSc1cccc(Cl)c1)c1cnccc1N. The maximum Gasteiger partial charge on any atom is 0.0589 e. The zero-order valence-corrected chi connectivity index (χ0v) is 11.8. The second-order valence-electron chi connectivity index (χ2n) is 3.99. The van der Waals surface area contributed by atoms with Crippen LogP contribution < -0.4 is 17.0 Å². The van der Waals surface area contributed by atoms with Crippen LogP contribution in [0.15, 0.2) is 47.6 Å². The van der Waals surface area contributed by atoms with Crippen molar-refractivity contribution in [3.05, 3.63) is 53.3 Å². The molecule has 0 aliphatic rings. The number of hydrogen-bond acceptors (Lipinski definition) is 5. The molecular formula is C13H15ClN4S. The number of hydrogen-bond donors (Lipinski definition) is 3. The fraction of sp³-hybridized carbons (Fsp3) is 0.154. The number of halogens is 1. The number of nitrogens with one attached hydrogen (secondary N) is 1. The molecule has 100 valence electrons. The van der Waals surface area contributed by atoms with Gasteiger partial charge in [0.15, 0.2) is 0 Å². The van der Waals surface area contributed by atoms with Gasteiger partial charge in [-0.2, -0.15) is 0 Å². The molecule has 0 aliphatic carbocycles. The van der Waals surface area contributed by atoms with Gasteiger partial charge in [0, 0.05) is 39.3 Å². The van der Waals surface area contributed by atoms with Crippen molar-refractivity contribution in [2.24, 2.45) is 5.84 Å². The van der Waals surface area contributed by atoms with E-state index in [0.717, 1.165) is 21.2 Å². The smallest absolute Gasteiger partial charge is 0.0589 e. The number of nitrogens with two attached hydrogens (primary N) is 2. The van der Waals surface area contributed by atoms with Gasteiger partial charge in [-0.1, -0.05) is 17.7 Å². The summed E-state index contributed by atoms with van der Waals surface area (Å²) in [5.41, 5.74) is 10.3. The molecule has 6 heteroatoms. The van der Waals surface area contributed by atoms with Gasteiger partial charge in [0.1, 0.15) is 0 Å². The first-order valence-electron chi connectivity index (χ1n) is 5.74. The van der Waals surface area contributed by atoms with Crippen molar-refractivity contribution in [2.75, 3.05) is 11.5 Å². The lowest BCUT2D eigenvalue weighted by atomic mass is 10.1. The van der Waals surface area contributed by atoms with Gasteiger partial charge in [0.05, 0.1) is 6.04 Å². The maximum atomic E-state index is 5.95. The Hall–Kier alpha value is -1.27. The molecule has 0 saturated carbocycles. The Morgan fingerprint density at radius 1 is 1.37 bits per heavy atom. The quantitative estimate of drug-likeness (QED) is 0.449. The molecule has 2 aromatic rings. The monoisotopic (exact) mass is 294 g/mol. The lowest BCUT2D eigenvalue weighted by molar-refractivity contribution is 0.610. The van der Waals surface area contributed by atoms with Gasteiger partial charge in [0.25, 0.3) is 0 Å². The second-order valence-corrected chi connectivity index (χ2v) is 5.52. The van der Waals surface area contributed by atoms with Gasteiger partial charge in [-0.15, -0.1) is 11.8 Å². The second kappa shape index (κ2) is 6.77. The maximum absolute atomic E-state index is 5.95. The molecule has 4 nitrogen and oxygen atoms in total. The van der Waals surface area contributed by atoms with Crippen LogP contribution in [0.3, 0.4) is 0 Å². The standard InChI is InChI=1S/C13H15ClN4S/c14-9-2-1-3-10(6-9)19-8-13(18-16)11-7-17-5-4-12(11)15/h1-7,13,18H,8,16H2,(H2,15,17). The first kappa shape index (κ1) is 14.1. The Bertz CT molecular complexity index is 550. The normalized spacial score (nSPS) is 12.3. The Labute approximate surface area is 121 Å². The summed E-state index contributed by atoms with van der Waals surface area (Å²) in [6.07, 6.45) is 3.40. The van der Waals surface area contributed by atoms with Crippen molar-refractivity contribution in [3.63, 3.8) is 0 Å². The Morgan fingerprint density at radius 3 is 2.89 bits per heavy atom. The van der Waals surface area contributed by atoms with Gasteiger partial charge in [0.2, 0.25) is 0 Å². The van der Waals surface area contributed by atoms with E-state index in [0.29, 0.717) is 5.69 Å². The number of nitrogen functional groups attached to an aromatic ring is 1. The van der Waals surface area contributed by atoms with Crippen molar-refractivity contribution in [3.8, 4) is 0 Å². The molecule has 1 aromatic carbocycles. The van der Waals surface area contributed by atoms with Crippen LogP contribution in [-0.2, 0) is 0 Å². The van der Waals surface area contributed by atoms with Gasteiger partial charge in [-0.05, 0) is 24.3 Å². The van der Waals surface area contributed by atoms with E-state index in [4.69, 9.17) is 23.2 Å². The van der Waals surface area contributed by atoms with E-state index in [1.165, 1.54) is 0 Å². The predicted octanol–water partition coefficient (Wildman–Crippen LogP) is 2.61. The average molecular weight is 295 g/mol. The molecule has 5 N–H and O–H groups in total. The molecular weight excluding hydrogens is 280 g/mol. The van der Waals surface area contributed by atoms with Crippen LogP contribution in [0.4, 0.5) is 5.69 Å². The van der Waals surface area contributed by atoms with Gasteiger partial charge in [-0.3, -0.25) is 16.3 Å². The van der Waals surface area contributed by atoms with Gasteiger partial charge < -0.3 is 5.73 Å². The third kappa shape index (κ3) is 3.84. The van der Waals surface area contributed by atoms with E-state index in [2.05, 4.69) is 10.4 Å². The molecule has 19 heavy (non-hydrogen) atoms. The summed E-state index contributed by atoms with van der Waals surface area (Å²) in [6, 6.07) is 9.42. The first-order valence-corrected chi connectivity index (χ1v) is 7.11. The minimum absolute atomic E-state index is 0.0577. The van der Waals surface area contributed by atoms with Crippen LogP contribution in [0.5, 0.6) is 0 Å². The number of benzene rings is 1. The van der Waals surface area contributed by atoms with Crippen LogP contribution in [0.2, 0.25) is 5.02 Å². The summed E-state index contributed by atoms with van der Waals surface area (Å²) in [6.45, 7) is 0. The van der Waals surface area contributed by atoms with E-state index in [-0.39, 0.29) is 6.04 Å². The number of anilines is 1. The summed E-state index contributed by atoms with van der Waals surface area (Å²) in [5, 5.41) is 0.725. The van der Waals surface area contributed by atoms with Gasteiger partial charge >= 0.3 is 0 Å². The van der Waals surface area contributed by atoms with Crippen molar-refractivity contribution >= 4 is 29.1 Å². The van der Waals surface area contributed by atoms with Crippen LogP contribution in [-0.4, -0.2) is 10.7 Å². The molecule has 1 unspecified atom stereocenters. The highest BCUT2D eigenvalue weighted by Crippen LogP contribution is 2.28. The Morgan fingerprint density at radius 2 is 2.21 bits per heavy atom. The highest BCUT2D eigenvalue weighted by atomic mass is 35.5. The zero-order valence-electron chi connectivity index (χ0n) is 10.2. The van der Waals surface area contributed by atoms with E-state index in [1.807, 2.05) is 24.3 Å². The molecule has 0 spiro atoms. The number of nitrogens with zero attached hydrogens (tertiary/aromatic N) is 1. The molecule has 0 fully saturated rings. The van der Waals surface area contributed by atoms with Crippen LogP contribution in [0, 0.1) is 0 Å². The van der Waals surface area contributed by atoms with Crippen LogP contribution in [0.25, 0.3) is 0 Å². The molecule has 0 amide bonds. The molecule has 2 rings (SSSR count). The fourth-order valence-corrected chi connectivity index (χ4v) is 2.95. The summed E-state index contributed by atoms with van der Waals surface area (Å²) in [4.78, 5) is 5.17. The number of rotatable bonds is 5. The molecule has 0 saturated heterocycles. The lowest BCUT2D eigenvalue weighted by Gasteiger charge is -2.17. The number of thioether (sulfide) groups is 1. The molecule has 1 atom stereocenters. The minimum Gasteiger partial charge on any atom is -0.398 e. The third-order valence-electron chi connectivity index (χ3n) is 2.68. The van der Waals surface area contributed by atoms with Crippen molar-refractivity contribution < 1.29 is 0 Å². The Balaban J connectivity index is 2.06. The van der Waals surface area contributed by atoms with Crippen LogP contribution in [0.1, 0.15) is 11.6 Å². The predicted molar refractivity (Wildman–Crippen MR) is 80.9 cm³/mol. The summed E-state index contributed by atoms with van der Waals surface area (Å²) >= 11 is 7.61. The highest BCUT2D eigenvalue weighted by molar-refractivity contribution is 7.99. The molecule has 1 heterocycles. The fourth-order valence-electron chi connectivity index (χ4n) is 1.67. The third-order valence-corrected chi connectivity index (χ3v) is 4.00. The lowest BCUT2D eigenvalue weighted by Crippen LogP contribution is -2.30. The zero-order chi connectivity index (χ0) is 13.7. The topological polar surface area (TPSA) is 77.0 Å². The summed E-state index contributed by atoms with van der Waals surface area (Å²) in [5.74, 6) is 6.34. The van der Waals surface area contributed by atoms with E-state index in [9.17, 15) is 0 Å². The Kier molecular flexibility index (Phi) is 5.04. The first-order chi connectivity index (χ1) is 9.20.